The Hall–Kier alpha value is -8.20. The third-order valence-corrected chi connectivity index (χ3v) is 15.6. The molecule has 2 heteroatoms. The summed E-state index contributed by atoms with van der Waals surface area (Å²) in [5.41, 5.74) is 20.1. The lowest BCUT2D eigenvalue weighted by Gasteiger charge is -2.31. The van der Waals surface area contributed by atoms with E-state index in [1.54, 1.807) is 0 Å². The van der Waals surface area contributed by atoms with Crippen LogP contribution in [0, 0.1) is 0 Å². The minimum atomic E-state index is 0.0299. The van der Waals surface area contributed by atoms with Crippen LogP contribution in [-0.4, -0.2) is 0 Å². The second kappa shape index (κ2) is 14.7. The Kier molecular flexibility index (Phi) is 8.55. The highest BCUT2D eigenvalue weighted by atomic mass is 15.2. The largest absolute Gasteiger partial charge is 0.309 e. The van der Waals surface area contributed by atoms with Gasteiger partial charge in [0.1, 0.15) is 0 Å². The quantitative estimate of drug-likeness (QED) is 0.153. The molecule has 14 rings (SSSR count). The lowest BCUT2D eigenvalue weighted by Crippen LogP contribution is -2.14. The Morgan fingerprint density at radius 3 is 0.900 bits per heavy atom. The van der Waals surface area contributed by atoms with Crippen LogP contribution >= 0.6 is 0 Å². The highest BCUT2D eigenvalue weighted by molar-refractivity contribution is 6.29. The average Bonchev–Trinajstić information content (AvgIpc) is 3.89. The van der Waals surface area contributed by atoms with Crippen molar-refractivity contribution in [2.24, 2.45) is 0 Å². The minimum Gasteiger partial charge on any atom is -0.309 e. The van der Waals surface area contributed by atoms with Gasteiger partial charge < -0.3 is 9.80 Å². The van der Waals surface area contributed by atoms with E-state index in [9.17, 15) is 0 Å². The van der Waals surface area contributed by atoms with Crippen LogP contribution in [0.3, 0.4) is 0 Å². The van der Waals surface area contributed by atoms with Crippen molar-refractivity contribution in [1.29, 1.82) is 0 Å². The smallest absolute Gasteiger partial charge is 0.0540 e. The predicted molar refractivity (Wildman–Crippen MR) is 301 cm³/mol. The predicted octanol–water partition coefficient (Wildman–Crippen LogP) is 19.7. The molecular formula is C68H52N2. The van der Waals surface area contributed by atoms with Gasteiger partial charge in [0.2, 0.25) is 0 Å². The van der Waals surface area contributed by atoms with E-state index >= 15 is 0 Å². The summed E-state index contributed by atoms with van der Waals surface area (Å²) in [7, 11) is 0. The Morgan fingerprint density at radius 1 is 0.243 bits per heavy atom. The number of rotatable bonds is 6. The summed E-state index contributed by atoms with van der Waals surface area (Å²) in [5, 5.41) is 12.6. The fourth-order valence-electron chi connectivity index (χ4n) is 12.2. The molecule has 0 heterocycles. The summed E-state index contributed by atoms with van der Waals surface area (Å²) in [6, 6.07) is 78.3. The Morgan fingerprint density at radius 2 is 0.543 bits per heavy atom. The van der Waals surface area contributed by atoms with Crippen molar-refractivity contribution in [3.8, 4) is 44.5 Å². The zero-order chi connectivity index (χ0) is 47.2. The number of hydrogen-bond acceptors (Lipinski definition) is 2. The standard InChI is InChI=1S/C68H52N2/c1-67(2,3)43-25-29-45(30-26-43)69(61-39-35-53-49-15-9-7-13-47(49)51-17-11-19-55(61)65(51)53)59-37-23-41-22-34-58-60(38-24-42-21-33-57(59)63(41)64(42)58)70(46-31-27-44(28-32-46)68(4,5)6)62-40-36-54-50-16-10-8-14-48(50)52-18-12-20-56(62)66(52)54/h7-40H,1-6H3. The molecule has 0 fully saturated rings. The van der Waals surface area contributed by atoms with Gasteiger partial charge in [0.25, 0.3) is 0 Å². The number of fused-ring (bicyclic) bond motifs is 6. The fraction of sp³-hybridized carbons (Fsp3) is 0.118. The third-order valence-electron chi connectivity index (χ3n) is 15.6. The van der Waals surface area contributed by atoms with Crippen molar-refractivity contribution in [1.82, 2.24) is 0 Å². The van der Waals surface area contributed by atoms with Gasteiger partial charge in [-0.3, -0.25) is 0 Å². The van der Waals surface area contributed by atoms with E-state index in [-0.39, 0.29) is 10.8 Å². The highest BCUT2D eigenvalue weighted by Gasteiger charge is 2.29. The van der Waals surface area contributed by atoms with Gasteiger partial charge in [0, 0.05) is 32.9 Å². The summed E-state index contributed by atoms with van der Waals surface area (Å²) in [4.78, 5) is 5.05. The zero-order valence-electron chi connectivity index (χ0n) is 40.5. The number of nitrogens with zero attached hydrogens (tertiary/aromatic N) is 2. The molecule has 0 aliphatic heterocycles. The maximum absolute atomic E-state index is 2.53. The maximum Gasteiger partial charge on any atom is 0.0540 e. The molecule has 0 bridgehead atoms. The second-order valence-electron chi connectivity index (χ2n) is 21.7. The second-order valence-corrected chi connectivity index (χ2v) is 21.7. The molecular weight excluding hydrogens is 845 g/mol. The monoisotopic (exact) mass is 896 g/mol. The van der Waals surface area contributed by atoms with Crippen LogP contribution in [0.4, 0.5) is 34.1 Å². The molecule has 0 amide bonds. The summed E-state index contributed by atoms with van der Waals surface area (Å²) in [5.74, 6) is 0. The number of benzene rings is 12. The molecule has 0 N–H and O–H groups in total. The molecule has 70 heavy (non-hydrogen) atoms. The minimum absolute atomic E-state index is 0.0299. The Balaban J connectivity index is 1.02. The van der Waals surface area contributed by atoms with E-state index in [4.69, 9.17) is 0 Å². The molecule has 0 unspecified atom stereocenters. The Bertz CT molecular complexity index is 3800. The molecule has 12 aromatic rings. The van der Waals surface area contributed by atoms with Crippen LogP contribution in [0.15, 0.2) is 206 Å². The molecule has 0 atom stereocenters. The number of hydrogen-bond donors (Lipinski definition) is 0. The molecule has 0 spiro atoms. The first-order valence-electron chi connectivity index (χ1n) is 24.8. The van der Waals surface area contributed by atoms with Crippen molar-refractivity contribution in [3.63, 3.8) is 0 Å². The van der Waals surface area contributed by atoms with Crippen LogP contribution in [0.1, 0.15) is 52.7 Å². The van der Waals surface area contributed by atoms with Crippen molar-refractivity contribution >= 4 is 88.0 Å². The topological polar surface area (TPSA) is 6.48 Å². The van der Waals surface area contributed by atoms with E-state index in [1.807, 2.05) is 0 Å². The van der Waals surface area contributed by atoms with Crippen LogP contribution < -0.4 is 9.80 Å². The molecule has 0 radical (unpaired) electrons. The summed E-state index contributed by atoms with van der Waals surface area (Å²) < 4.78 is 0. The van der Waals surface area contributed by atoms with E-state index in [0.29, 0.717) is 0 Å². The van der Waals surface area contributed by atoms with Gasteiger partial charge in [0.05, 0.1) is 22.7 Å². The van der Waals surface area contributed by atoms with Gasteiger partial charge >= 0.3 is 0 Å². The molecule has 12 aromatic carbocycles. The van der Waals surface area contributed by atoms with E-state index in [2.05, 4.69) is 258 Å². The van der Waals surface area contributed by atoms with Crippen molar-refractivity contribution in [2.75, 3.05) is 9.80 Å². The summed E-state index contributed by atoms with van der Waals surface area (Å²) >= 11 is 0. The van der Waals surface area contributed by atoms with Crippen LogP contribution in [0.25, 0.3) is 98.4 Å². The van der Waals surface area contributed by atoms with Crippen molar-refractivity contribution in [3.05, 3.63) is 217 Å². The van der Waals surface area contributed by atoms with E-state index < -0.39 is 0 Å². The van der Waals surface area contributed by atoms with Gasteiger partial charge in [-0.25, -0.2) is 0 Å². The fourth-order valence-corrected chi connectivity index (χ4v) is 12.2. The number of anilines is 6. The first kappa shape index (κ1) is 40.8. The van der Waals surface area contributed by atoms with E-state index in [1.165, 1.54) is 121 Å². The van der Waals surface area contributed by atoms with Crippen LogP contribution in [0.2, 0.25) is 0 Å². The molecule has 2 aliphatic carbocycles. The SMILES string of the molecule is CC(C)(C)c1ccc(N(c2ccc3c4c(cccc24)-c2ccccc2-3)c2ccc3ccc4c(N(c5ccc(C(C)(C)C)cc5)c5ccc6c7c(cccc57)-c5ccccc5-6)ccc5ccc2c3c54)cc1. The first-order chi connectivity index (χ1) is 34.0. The van der Waals surface area contributed by atoms with Gasteiger partial charge in [-0.05, 0) is 147 Å². The molecule has 334 valence electrons. The summed E-state index contributed by atoms with van der Waals surface area (Å²) in [6.45, 7) is 13.8. The lowest BCUT2D eigenvalue weighted by atomic mass is 9.87. The lowest BCUT2D eigenvalue weighted by molar-refractivity contribution is 0.590. The van der Waals surface area contributed by atoms with Crippen molar-refractivity contribution < 1.29 is 0 Å². The molecule has 0 saturated heterocycles. The zero-order valence-corrected chi connectivity index (χ0v) is 40.5. The van der Waals surface area contributed by atoms with Gasteiger partial charge in [-0.1, -0.05) is 199 Å². The first-order valence-corrected chi connectivity index (χ1v) is 24.8. The summed E-state index contributed by atoms with van der Waals surface area (Å²) in [6.07, 6.45) is 0. The van der Waals surface area contributed by atoms with Crippen LogP contribution in [0.5, 0.6) is 0 Å². The van der Waals surface area contributed by atoms with Gasteiger partial charge in [0.15, 0.2) is 0 Å². The molecule has 0 aromatic heterocycles. The van der Waals surface area contributed by atoms with Crippen molar-refractivity contribution in [2.45, 2.75) is 52.4 Å². The maximum atomic E-state index is 2.53. The van der Waals surface area contributed by atoms with E-state index in [0.717, 1.165) is 22.7 Å². The normalized spacial score (nSPS) is 12.7. The molecule has 2 aliphatic rings. The van der Waals surface area contributed by atoms with Gasteiger partial charge in [-0.15, -0.1) is 0 Å². The third kappa shape index (κ3) is 5.86. The average molecular weight is 897 g/mol. The molecule has 2 nitrogen and oxygen atoms in total. The van der Waals surface area contributed by atoms with Crippen LogP contribution in [-0.2, 0) is 10.8 Å². The Labute approximate surface area is 410 Å². The van der Waals surface area contributed by atoms with Gasteiger partial charge in [-0.2, -0.15) is 0 Å². The molecule has 0 saturated carbocycles. The highest BCUT2D eigenvalue weighted by Crippen LogP contribution is 2.55.